The summed E-state index contributed by atoms with van der Waals surface area (Å²) in [6, 6.07) is 3.78. The Bertz CT molecular complexity index is 509. The summed E-state index contributed by atoms with van der Waals surface area (Å²) in [5.41, 5.74) is 8.09. The number of anilines is 1. The number of pyridine rings is 1. The first-order chi connectivity index (χ1) is 6.59. The van der Waals surface area contributed by atoms with Crippen LogP contribution in [0.25, 0.3) is 10.9 Å². The minimum atomic E-state index is 0.458. The summed E-state index contributed by atoms with van der Waals surface area (Å²) in [5, 5.41) is 1.87. The van der Waals surface area contributed by atoms with Gasteiger partial charge < -0.3 is 5.73 Å². The molecule has 0 saturated heterocycles. The highest BCUT2D eigenvalue weighted by Gasteiger charge is 2.07. The third-order valence-electron chi connectivity index (χ3n) is 2.06. The number of aryl methyl sites for hydroxylation is 1. The van der Waals surface area contributed by atoms with E-state index in [1.165, 1.54) is 6.20 Å². The number of nitrogens with zero attached hydrogens (tertiary/aromatic N) is 1. The van der Waals surface area contributed by atoms with Gasteiger partial charge in [0.2, 0.25) is 0 Å². The van der Waals surface area contributed by atoms with Gasteiger partial charge in [-0.15, -0.1) is 0 Å². The van der Waals surface area contributed by atoms with Gasteiger partial charge >= 0.3 is 0 Å². The van der Waals surface area contributed by atoms with Gasteiger partial charge in [-0.1, -0.05) is 23.2 Å². The van der Waals surface area contributed by atoms with Crippen LogP contribution in [0.2, 0.25) is 10.0 Å². The van der Waals surface area contributed by atoms with Crippen molar-refractivity contribution >= 4 is 39.8 Å². The van der Waals surface area contributed by atoms with Crippen LogP contribution < -0.4 is 5.73 Å². The minimum absolute atomic E-state index is 0.458. The van der Waals surface area contributed by atoms with Crippen LogP contribution in [-0.4, -0.2) is 4.98 Å². The lowest BCUT2D eigenvalue weighted by Crippen LogP contribution is -1.92. The van der Waals surface area contributed by atoms with Crippen molar-refractivity contribution in [3.63, 3.8) is 0 Å². The van der Waals surface area contributed by atoms with Crippen LogP contribution in [0.5, 0.6) is 0 Å². The molecule has 0 aliphatic rings. The number of fused-ring (bicyclic) bond motifs is 1. The smallest absolute Gasteiger partial charge is 0.0910 e. The van der Waals surface area contributed by atoms with Crippen molar-refractivity contribution in [3.05, 3.63) is 33.9 Å². The number of benzene rings is 1. The zero-order chi connectivity index (χ0) is 10.3. The second kappa shape index (κ2) is 3.30. The second-order valence-corrected chi connectivity index (χ2v) is 3.98. The molecule has 0 spiro atoms. The fraction of sp³-hybridized carbons (Fsp3) is 0.100. The average Bonchev–Trinajstić information content (AvgIpc) is 2.12. The van der Waals surface area contributed by atoms with Crippen LogP contribution in [0, 0.1) is 6.92 Å². The van der Waals surface area contributed by atoms with Crippen LogP contribution in [0.4, 0.5) is 5.69 Å². The van der Waals surface area contributed by atoms with Gasteiger partial charge in [-0.25, -0.2) is 0 Å². The number of nitrogen functional groups attached to an aromatic ring is 1. The van der Waals surface area contributed by atoms with E-state index in [1.54, 1.807) is 0 Å². The monoisotopic (exact) mass is 226 g/mol. The van der Waals surface area contributed by atoms with Crippen LogP contribution >= 0.6 is 23.2 Å². The van der Waals surface area contributed by atoms with E-state index < -0.39 is 0 Å². The Morgan fingerprint density at radius 2 is 1.93 bits per heavy atom. The van der Waals surface area contributed by atoms with Crippen molar-refractivity contribution in [1.82, 2.24) is 4.98 Å². The molecule has 14 heavy (non-hydrogen) atoms. The summed E-state index contributed by atoms with van der Waals surface area (Å²) >= 11 is 11.9. The molecule has 1 aromatic heterocycles. The standard InChI is InChI=1S/C10H8Cl2N2/c1-5-2-6-9(13)8(12)4-14-10(6)7(11)3-5/h2-4H,1H3,(H2,13,14). The topological polar surface area (TPSA) is 38.9 Å². The van der Waals surface area contributed by atoms with E-state index in [0.29, 0.717) is 21.2 Å². The summed E-state index contributed by atoms with van der Waals surface area (Å²) in [5.74, 6) is 0. The molecule has 72 valence electrons. The first kappa shape index (κ1) is 9.56. The molecule has 2 N–H and O–H groups in total. The van der Waals surface area contributed by atoms with E-state index in [-0.39, 0.29) is 0 Å². The molecule has 0 amide bonds. The van der Waals surface area contributed by atoms with Crippen LogP contribution in [0.3, 0.4) is 0 Å². The Morgan fingerprint density at radius 1 is 1.21 bits per heavy atom. The highest BCUT2D eigenvalue weighted by atomic mass is 35.5. The van der Waals surface area contributed by atoms with Crippen LogP contribution in [0.15, 0.2) is 18.3 Å². The van der Waals surface area contributed by atoms with Crippen molar-refractivity contribution in [2.75, 3.05) is 5.73 Å². The molecule has 0 aliphatic heterocycles. The largest absolute Gasteiger partial charge is 0.397 e. The maximum atomic E-state index is 6.03. The molecule has 0 bridgehead atoms. The normalized spacial score (nSPS) is 10.8. The summed E-state index contributed by atoms with van der Waals surface area (Å²) in [6.07, 6.45) is 1.51. The minimum Gasteiger partial charge on any atom is -0.397 e. The molecule has 1 heterocycles. The summed E-state index contributed by atoms with van der Waals surface area (Å²) in [7, 11) is 0. The number of hydrogen-bond acceptors (Lipinski definition) is 2. The Morgan fingerprint density at radius 3 is 2.64 bits per heavy atom. The first-order valence-corrected chi connectivity index (χ1v) is 4.85. The van der Waals surface area contributed by atoms with E-state index >= 15 is 0 Å². The van der Waals surface area contributed by atoms with Crippen molar-refractivity contribution in [2.45, 2.75) is 6.92 Å². The predicted molar refractivity (Wildman–Crippen MR) is 60.9 cm³/mol. The third kappa shape index (κ3) is 1.41. The maximum Gasteiger partial charge on any atom is 0.0910 e. The van der Waals surface area contributed by atoms with E-state index in [1.807, 2.05) is 19.1 Å². The zero-order valence-corrected chi connectivity index (χ0v) is 9.02. The van der Waals surface area contributed by atoms with Gasteiger partial charge in [0.05, 0.1) is 21.2 Å². The Hall–Kier alpha value is -0.990. The molecule has 0 atom stereocenters. The molecular formula is C10H8Cl2N2. The van der Waals surface area contributed by atoms with E-state index in [2.05, 4.69) is 4.98 Å². The van der Waals surface area contributed by atoms with E-state index in [4.69, 9.17) is 28.9 Å². The zero-order valence-electron chi connectivity index (χ0n) is 7.51. The Balaban J connectivity index is 2.95. The molecular weight excluding hydrogens is 219 g/mol. The van der Waals surface area contributed by atoms with Crippen LogP contribution in [0.1, 0.15) is 5.56 Å². The van der Waals surface area contributed by atoms with Crippen molar-refractivity contribution in [3.8, 4) is 0 Å². The van der Waals surface area contributed by atoms with E-state index in [0.717, 1.165) is 10.9 Å². The van der Waals surface area contributed by atoms with Crippen molar-refractivity contribution < 1.29 is 0 Å². The summed E-state index contributed by atoms with van der Waals surface area (Å²) in [6.45, 7) is 1.95. The fourth-order valence-corrected chi connectivity index (χ4v) is 1.86. The molecule has 2 aromatic rings. The third-order valence-corrected chi connectivity index (χ3v) is 2.65. The van der Waals surface area contributed by atoms with Gasteiger partial charge in [0.1, 0.15) is 0 Å². The maximum absolute atomic E-state index is 6.03. The highest BCUT2D eigenvalue weighted by Crippen LogP contribution is 2.31. The number of halogens is 2. The van der Waals surface area contributed by atoms with Crippen molar-refractivity contribution in [1.29, 1.82) is 0 Å². The van der Waals surface area contributed by atoms with Gasteiger partial charge in [0.25, 0.3) is 0 Å². The fourth-order valence-electron chi connectivity index (χ4n) is 1.39. The quantitative estimate of drug-likeness (QED) is 0.748. The van der Waals surface area contributed by atoms with Gasteiger partial charge in [-0.05, 0) is 24.6 Å². The second-order valence-electron chi connectivity index (χ2n) is 3.16. The number of nitrogens with two attached hydrogens (primary N) is 1. The lowest BCUT2D eigenvalue weighted by atomic mass is 10.1. The molecule has 0 radical (unpaired) electrons. The average molecular weight is 227 g/mol. The predicted octanol–water partition coefficient (Wildman–Crippen LogP) is 3.43. The molecule has 2 nitrogen and oxygen atoms in total. The Kier molecular flexibility index (Phi) is 2.25. The number of aromatic nitrogens is 1. The van der Waals surface area contributed by atoms with Gasteiger partial charge in [0.15, 0.2) is 0 Å². The molecule has 4 heteroatoms. The van der Waals surface area contributed by atoms with Crippen LogP contribution in [-0.2, 0) is 0 Å². The van der Waals surface area contributed by atoms with Crippen molar-refractivity contribution in [2.24, 2.45) is 0 Å². The summed E-state index contributed by atoms with van der Waals surface area (Å²) < 4.78 is 0. The first-order valence-electron chi connectivity index (χ1n) is 4.09. The molecule has 0 unspecified atom stereocenters. The summed E-state index contributed by atoms with van der Waals surface area (Å²) in [4.78, 5) is 4.14. The lowest BCUT2D eigenvalue weighted by Gasteiger charge is -2.05. The Labute approximate surface area is 91.6 Å². The molecule has 0 aliphatic carbocycles. The number of rotatable bonds is 0. The molecule has 0 saturated carbocycles. The van der Waals surface area contributed by atoms with Gasteiger partial charge in [-0.3, -0.25) is 4.98 Å². The van der Waals surface area contributed by atoms with E-state index in [9.17, 15) is 0 Å². The van der Waals surface area contributed by atoms with Gasteiger partial charge in [-0.2, -0.15) is 0 Å². The van der Waals surface area contributed by atoms with Gasteiger partial charge in [0, 0.05) is 11.6 Å². The molecule has 2 rings (SSSR count). The molecule has 0 fully saturated rings. The number of hydrogen-bond donors (Lipinski definition) is 1. The highest BCUT2D eigenvalue weighted by molar-refractivity contribution is 6.37. The SMILES string of the molecule is Cc1cc(Cl)c2ncc(Cl)c(N)c2c1. The molecule has 1 aromatic carbocycles. The lowest BCUT2D eigenvalue weighted by molar-refractivity contribution is 1.39.